The van der Waals surface area contributed by atoms with E-state index in [1.807, 2.05) is 38.9 Å². The topological polar surface area (TPSA) is 185 Å². The molecule has 2 amide bonds. The summed E-state index contributed by atoms with van der Waals surface area (Å²) in [6.07, 6.45) is 0.818. The van der Waals surface area contributed by atoms with Gasteiger partial charge in [0.2, 0.25) is 11.8 Å². The van der Waals surface area contributed by atoms with Crippen LogP contribution in [-0.4, -0.2) is 74.8 Å². The predicted octanol–water partition coefficient (Wildman–Crippen LogP) is 6.05. The molecule has 0 spiro atoms. The zero-order valence-corrected chi connectivity index (χ0v) is 28.7. The number of amides is 2. The van der Waals surface area contributed by atoms with Gasteiger partial charge in [-0.2, -0.15) is 0 Å². The van der Waals surface area contributed by atoms with Crippen LogP contribution in [0.1, 0.15) is 64.1 Å². The second kappa shape index (κ2) is 14.1. The van der Waals surface area contributed by atoms with E-state index in [0.29, 0.717) is 45.6 Å². The second-order valence-electron chi connectivity index (χ2n) is 13.7. The van der Waals surface area contributed by atoms with Crippen molar-refractivity contribution in [1.82, 2.24) is 10.2 Å². The maximum absolute atomic E-state index is 12.8. The number of carboxylic acids is 2. The molecular weight excluding hydrogens is 652 g/mol. The molecule has 1 unspecified atom stereocenters. The Kier molecular flexibility index (Phi) is 10.1. The molecule has 1 saturated heterocycles. The third-order valence-electron chi connectivity index (χ3n) is 9.74. The van der Waals surface area contributed by atoms with Crippen LogP contribution < -0.4 is 5.32 Å². The summed E-state index contributed by atoms with van der Waals surface area (Å²) in [5.74, 6) is -3.74. The first kappa shape index (κ1) is 36.3. The fraction of sp³-hybridized carbons (Fsp3) is 0.250. The lowest BCUT2D eigenvalue weighted by Gasteiger charge is -2.49. The molecule has 1 atom stereocenters. The van der Waals surface area contributed by atoms with Crippen molar-refractivity contribution in [1.29, 1.82) is 0 Å². The summed E-state index contributed by atoms with van der Waals surface area (Å²) in [7, 11) is 3.91. The summed E-state index contributed by atoms with van der Waals surface area (Å²) in [6, 6.07) is 23.6. The molecule has 0 radical (unpaired) electrons. The number of aromatic carboxylic acids is 2. The molecule has 0 aromatic heterocycles. The van der Waals surface area contributed by atoms with Crippen molar-refractivity contribution in [2.45, 2.75) is 38.5 Å². The summed E-state index contributed by atoms with van der Waals surface area (Å²) < 4.78 is 0. The van der Waals surface area contributed by atoms with Gasteiger partial charge in [0.15, 0.2) is 0 Å². The highest BCUT2D eigenvalue weighted by Gasteiger charge is 2.56. The number of phenolic OH excluding ortho intramolecular Hbond substituents is 1. The highest BCUT2D eigenvalue weighted by molar-refractivity contribution is 6.05. The van der Waals surface area contributed by atoms with Crippen LogP contribution in [0.15, 0.2) is 84.9 Å². The number of carbonyl (C=O) groups excluding carboxylic acids is 2. The third-order valence-corrected chi connectivity index (χ3v) is 9.74. The molecule has 0 bridgehead atoms. The van der Waals surface area contributed by atoms with E-state index < -0.39 is 34.3 Å². The van der Waals surface area contributed by atoms with Crippen molar-refractivity contribution in [2.75, 3.05) is 20.6 Å². The Balaban J connectivity index is 0.000000206. The minimum Gasteiger partial charge on any atom is -0.508 e. The zero-order chi connectivity index (χ0) is 37.2. The average Bonchev–Trinajstić information content (AvgIpc) is 3.06. The Bertz CT molecular complexity index is 2090. The third kappa shape index (κ3) is 6.93. The number of benzene rings is 5. The van der Waals surface area contributed by atoms with Gasteiger partial charge < -0.3 is 30.4 Å². The van der Waals surface area contributed by atoms with E-state index in [4.69, 9.17) is 0 Å². The van der Waals surface area contributed by atoms with Crippen molar-refractivity contribution < 1.29 is 44.7 Å². The number of phenols is 3. The van der Waals surface area contributed by atoms with Gasteiger partial charge in [0.25, 0.3) is 0 Å². The normalized spacial score (nSPS) is 16.8. The maximum Gasteiger partial charge on any atom is 0.339 e. The summed E-state index contributed by atoms with van der Waals surface area (Å²) in [6.45, 7) is 4.60. The van der Waals surface area contributed by atoms with Crippen LogP contribution in [-0.2, 0) is 21.4 Å². The molecule has 11 heteroatoms. The van der Waals surface area contributed by atoms with Gasteiger partial charge in [0, 0.05) is 24.0 Å². The Morgan fingerprint density at radius 2 is 1.25 bits per heavy atom. The number of hydrogen-bond donors (Lipinski definition) is 6. The molecule has 5 aromatic carbocycles. The number of fused-ring (bicyclic) bond motifs is 2. The Labute approximate surface area is 294 Å². The number of hydrogen-bond acceptors (Lipinski definition) is 8. The highest BCUT2D eigenvalue weighted by atomic mass is 16.4. The smallest absolute Gasteiger partial charge is 0.339 e. The lowest BCUT2D eigenvalue weighted by atomic mass is 9.56. The number of aromatic hydroxyl groups is 3. The van der Waals surface area contributed by atoms with Gasteiger partial charge in [-0.3, -0.25) is 14.9 Å². The fourth-order valence-corrected chi connectivity index (χ4v) is 7.10. The van der Waals surface area contributed by atoms with E-state index in [0.717, 1.165) is 5.56 Å². The van der Waals surface area contributed by atoms with Crippen molar-refractivity contribution in [3.8, 4) is 17.2 Å². The van der Waals surface area contributed by atoms with Gasteiger partial charge in [0.1, 0.15) is 28.4 Å². The maximum atomic E-state index is 12.8. The average molecular weight is 693 g/mol. The minimum absolute atomic E-state index is 0.0407. The van der Waals surface area contributed by atoms with E-state index in [2.05, 4.69) is 5.32 Å². The lowest BCUT2D eigenvalue weighted by molar-refractivity contribution is -0.145. The van der Waals surface area contributed by atoms with Gasteiger partial charge in [0.05, 0.1) is 5.41 Å². The molecule has 1 heterocycles. The Hall–Kier alpha value is -5.94. The van der Waals surface area contributed by atoms with E-state index in [1.54, 1.807) is 66.7 Å². The van der Waals surface area contributed by atoms with E-state index >= 15 is 0 Å². The van der Waals surface area contributed by atoms with Gasteiger partial charge >= 0.3 is 11.9 Å². The van der Waals surface area contributed by atoms with Gasteiger partial charge in [-0.05, 0) is 83.8 Å². The SMILES string of the molecule is CN(C)CCC1(c2cccc(O)c2)C(=O)NC(=O)CC1(C)C.O=C(O)c1cc2ccccc2c(Cc2c(O)c(C(=O)O)cc3ccccc23)c1O. The predicted molar refractivity (Wildman–Crippen MR) is 192 cm³/mol. The molecule has 6 rings (SSSR count). The Morgan fingerprint density at radius 1 is 0.745 bits per heavy atom. The van der Waals surface area contributed by atoms with E-state index in [-0.39, 0.29) is 41.5 Å². The van der Waals surface area contributed by atoms with Crippen LogP contribution in [0.2, 0.25) is 0 Å². The van der Waals surface area contributed by atoms with Crippen LogP contribution in [0.5, 0.6) is 17.2 Å². The first-order valence-electron chi connectivity index (χ1n) is 16.3. The summed E-state index contributed by atoms with van der Waals surface area (Å²) in [4.78, 5) is 49.9. The zero-order valence-electron chi connectivity index (χ0n) is 28.7. The molecule has 11 nitrogen and oxygen atoms in total. The highest BCUT2D eigenvalue weighted by Crippen LogP contribution is 2.50. The van der Waals surface area contributed by atoms with Gasteiger partial charge in [-0.1, -0.05) is 74.5 Å². The van der Waals surface area contributed by atoms with Crippen LogP contribution in [0, 0.1) is 5.41 Å². The molecule has 1 aliphatic rings. The monoisotopic (exact) mass is 692 g/mol. The van der Waals surface area contributed by atoms with Crippen LogP contribution in [0.4, 0.5) is 0 Å². The second-order valence-corrected chi connectivity index (χ2v) is 13.7. The lowest BCUT2D eigenvalue weighted by Crippen LogP contribution is -2.61. The number of nitrogens with one attached hydrogen (secondary N) is 1. The molecule has 5 aromatic rings. The van der Waals surface area contributed by atoms with Gasteiger partial charge in [-0.15, -0.1) is 0 Å². The first-order chi connectivity index (χ1) is 24.1. The molecule has 264 valence electrons. The Morgan fingerprint density at radius 3 is 1.71 bits per heavy atom. The molecule has 51 heavy (non-hydrogen) atoms. The molecule has 1 aliphatic heterocycles. The molecular formula is C40H40N2O9. The van der Waals surface area contributed by atoms with E-state index in [9.17, 15) is 44.7 Å². The quantitative estimate of drug-likeness (QED) is 0.105. The largest absolute Gasteiger partial charge is 0.508 e. The van der Waals surface area contributed by atoms with Gasteiger partial charge in [-0.25, -0.2) is 9.59 Å². The summed E-state index contributed by atoms with van der Waals surface area (Å²) >= 11 is 0. The van der Waals surface area contributed by atoms with Crippen LogP contribution >= 0.6 is 0 Å². The van der Waals surface area contributed by atoms with Crippen molar-refractivity contribution >= 4 is 45.3 Å². The fourth-order valence-electron chi connectivity index (χ4n) is 7.10. The first-order valence-corrected chi connectivity index (χ1v) is 16.3. The van der Waals surface area contributed by atoms with Crippen molar-refractivity contribution in [3.05, 3.63) is 113 Å². The standard InChI is InChI=1S/C23H16O6.C17H24N2O3/c24-20-16(14-7-3-1-5-12(14)9-18(20)22(26)27)11-17-15-8-4-2-6-13(15)10-19(21(17)25)23(28)29;1-16(2)11-14(21)18-15(22)17(16,8-9-19(3)4)12-6-5-7-13(20)10-12/h1-10,24-25H,11H2,(H,26,27)(H,28,29);5-7,10,20H,8-9,11H2,1-4H3,(H,18,21,22). The number of imide groups is 1. The number of carboxylic acid groups (broad SMARTS) is 2. The summed E-state index contributed by atoms with van der Waals surface area (Å²) in [5.41, 5.74) is -0.509. The van der Waals surface area contributed by atoms with E-state index in [1.165, 1.54) is 12.1 Å². The van der Waals surface area contributed by atoms with Crippen LogP contribution in [0.25, 0.3) is 21.5 Å². The molecule has 0 aliphatic carbocycles. The summed E-state index contributed by atoms with van der Waals surface area (Å²) in [5, 5.41) is 55.1. The number of nitrogens with zero attached hydrogens (tertiary/aromatic N) is 1. The number of rotatable bonds is 8. The van der Waals surface area contributed by atoms with Crippen molar-refractivity contribution in [2.24, 2.45) is 5.41 Å². The number of carbonyl (C=O) groups is 4. The molecule has 0 saturated carbocycles. The number of piperidine rings is 1. The van der Waals surface area contributed by atoms with Crippen molar-refractivity contribution in [3.63, 3.8) is 0 Å². The minimum atomic E-state index is -1.28. The molecule has 1 fully saturated rings. The van der Waals surface area contributed by atoms with Crippen LogP contribution in [0.3, 0.4) is 0 Å². The molecule has 6 N–H and O–H groups in total.